The smallest absolute Gasteiger partial charge is 0.0558 e. The second kappa shape index (κ2) is 5.79. The second-order valence-corrected chi connectivity index (χ2v) is 2.05. The van der Waals surface area contributed by atoms with Gasteiger partial charge in [0.05, 0.1) is 6.61 Å². The van der Waals surface area contributed by atoms with Gasteiger partial charge in [0, 0.05) is 13.1 Å². The van der Waals surface area contributed by atoms with E-state index in [0.717, 1.165) is 13.1 Å². The topological polar surface area (TPSA) is 23.5 Å². The van der Waals surface area contributed by atoms with Gasteiger partial charge in [-0.1, -0.05) is 12.2 Å². The summed E-state index contributed by atoms with van der Waals surface area (Å²) in [5.41, 5.74) is 0. The third-order valence-electron chi connectivity index (χ3n) is 1.13. The van der Waals surface area contributed by atoms with Crippen molar-refractivity contribution in [1.82, 2.24) is 4.90 Å². The number of aliphatic hydroxyl groups excluding tert-OH is 1. The molecule has 0 saturated heterocycles. The molecule has 0 saturated carbocycles. The van der Waals surface area contributed by atoms with Crippen molar-refractivity contribution in [1.29, 1.82) is 0 Å². The zero-order valence-electron chi connectivity index (χ0n) is 6.17. The van der Waals surface area contributed by atoms with E-state index in [-0.39, 0.29) is 6.61 Å². The molecule has 0 aliphatic rings. The van der Waals surface area contributed by atoms with Gasteiger partial charge in [-0.3, -0.25) is 0 Å². The van der Waals surface area contributed by atoms with Crippen LogP contribution in [-0.2, 0) is 0 Å². The minimum Gasteiger partial charge on any atom is -0.395 e. The summed E-state index contributed by atoms with van der Waals surface area (Å²) in [5, 5.41) is 8.47. The highest BCUT2D eigenvalue weighted by molar-refractivity contribution is 4.79. The zero-order chi connectivity index (χ0) is 7.11. The molecule has 0 aromatic rings. The van der Waals surface area contributed by atoms with Crippen molar-refractivity contribution in [2.24, 2.45) is 0 Å². The number of allylic oxidation sites excluding steroid dienone is 1. The van der Waals surface area contributed by atoms with E-state index in [4.69, 9.17) is 5.11 Å². The normalized spacial score (nSPS) is 11.6. The van der Waals surface area contributed by atoms with E-state index in [9.17, 15) is 0 Å². The van der Waals surface area contributed by atoms with Gasteiger partial charge in [-0.25, -0.2) is 0 Å². The highest BCUT2D eigenvalue weighted by atomic mass is 16.3. The molecule has 0 aliphatic carbocycles. The molecule has 0 aliphatic heterocycles. The van der Waals surface area contributed by atoms with Crippen LogP contribution in [0.4, 0.5) is 0 Å². The minimum absolute atomic E-state index is 0.244. The highest BCUT2D eigenvalue weighted by Gasteiger charge is 1.89. The van der Waals surface area contributed by atoms with Gasteiger partial charge in [-0.05, 0) is 14.0 Å². The fourth-order valence-electron chi connectivity index (χ4n) is 0.547. The molecule has 0 atom stereocenters. The summed E-state index contributed by atoms with van der Waals surface area (Å²) in [4.78, 5) is 2.06. The van der Waals surface area contributed by atoms with Crippen LogP contribution in [0.1, 0.15) is 6.92 Å². The number of aliphatic hydroxyl groups is 1. The SMILES string of the molecule is CC=CCN(C)CCO. The first-order valence-corrected chi connectivity index (χ1v) is 3.21. The Kier molecular flexibility index (Phi) is 5.57. The number of hydrogen-bond donors (Lipinski definition) is 1. The maximum absolute atomic E-state index is 8.47. The average Bonchev–Trinajstić information content (AvgIpc) is 1.85. The monoisotopic (exact) mass is 129 g/mol. The standard InChI is InChI=1S/C7H15NO/c1-3-4-5-8(2)6-7-9/h3-4,9H,5-7H2,1-2H3. The molecule has 0 rings (SSSR count). The third-order valence-corrected chi connectivity index (χ3v) is 1.13. The summed E-state index contributed by atoms with van der Waals surface area (Å²) < 4.78 is 0. The molecule has 0 aromatic carbocycles. The molecule has 9 heavy (non-hydrogen) atoms. The Morgan fingerprint density at radius 3 is 2.67 bits per heavy atom. The van der Waals surface area contributed by atoms with E-state index in [2.05, 4.69) is 11.0 Å². The first kappa shape index (κ1) is 8.66. The molecular formula is C7H15NO. The Balaban J connectivity index is 3.15. The van der Waals surface area contributed by atoms with Gasteiger partial charge in [0.2, 0.25) is 0 Å². The predicted octanol–water partition coefficient (Wildman–Crippen LogP) is 0.487. The van der Waals surface area contributed by atoms with E-state index in [1.165, 1.54) is 0 Å². The number of likely N-dealkylation sites (N-methyl/N-ethyl adjacent to an activating group) is 1. The van der Waals surface area contributed by atoms with E-state index < -0.39 is 0 Å². The van der Waals surface area contributed by atoms with Crippen LogP contribution in [0.2, 0.25) is 0 Å². The van der Waals surface area contributed by atoms with Gasteiger partial charge in [0.15, 0.2) is 0 Å². The highest BCUT2D eigenvalue weighted by Crippen LogP contribution is 1.80. The lowest BCUT2D eigenvalue weighted by Gasteiger charge is -2.10. The van der Waals surface area contributed by atoms with Gasteiger partial charge >= 0.3 is 0 Å². The van der Waals surface area contributed by atoms with Crippen molar-refractivity contribution in [3.8, 4) is 0 Å². The van der Waals surface area contributed by atoms with E-state index in [1.807, 2.05) is 20.0 Å². The molecule has 0 heterocycles. The molecule has 54 valence electrons. The van der Waals surface area contributed by atoms with Crippen LogP contribution in [0.3, 0.4) is 0 Å². The number of rotatable bonds is 4. The van der Waals surface area contributed by atoms with Crippen LogP contribution < -0.4 is 0 Å². The van der Waals surface area contributed by atoms with Crippen LogP contribution in [0, 0.1) is 0 Å². The summed E-state index contributed by atoms with van der Waals surface area (Å²) >= 11 is 0. The molecule has 0 unspecified atom stereocenters. The predicted molar refractivity (Wildman–Crippen MR) is 39.4 cm³/mol. The van der Waals surface area contributed by atoms with Crippen LogP contribution in [0.25, 0.3) is 0 Å². The van der Waals surface area contributed by atoms with E-state index in [0.29, 0.717) is 0 Å². The zero-order valence-corrected chi connectivity index (χ0v) is 6.17. The number of nitrogens with zero attached hydrogens (tertiary/aromatic N) is 1. The fourth-order valence-corrected chi connectivity index (χ4v) is 0.547. The molecular weight excluding hydrogens is 114 g/mol. The van der Waals surface area contributed by atoms with Gasteiger partial charge in [0.25, 0.3) is 0 Å². The lowest BCUT2D eigenvalue weighted by Crippen LogP contribution is -2.21. The van der Waals surface area contributed by atoms with E-state index in [1.54, 1.807) is 0 Å². The van der Waals surface area contributed by atoms with Crippen molar-refractivity contribution < 1.29 is 5.11 Å². The Hall–Kier alpha value is -0.340. The molecule has 0 bridgehead atoms. The van der Waals surface area contributed by atoms with Crippen LogP contribution in [-0.4, -0.2) is 36.8 Å². The average molecular weight is 129 g/mol. The largest absolute Gasteiger partial charge is 0.395 e. The van der Waals surface area contributed by atoms with Crippen LogP contribution >= 0.6 is 0 Å². The lowest BCUT2D eigenvalue weighted by molar-refractivity contribution is 0.232. The summed E-state index contributed by atoms with van der Waals surface area (Å²) in [5.74, 6) is 0. The van der Waals surface area contributed by atoms with Crippen LogP contribution in [0.5, 0.6) is 0 Å². The molecule has 1 N–H and O–H groups in total. The van der Waals surface area contributed by atoms with Gasteiger partial charge < -0.3 is 10.0 Å². The Labute approximate surface area is 56.8 Å². The first-order valence-electron chi connectivity index (χ1n) is 3.21. The number of hydrogen-bond acceptors (Lipinski definition) is 2. The van der Waals surface area contributed by atoms with Crippen molar-refractivity contribution in [3.63, 3.8) is 0 Å². The van der Waals surface area contributed by atoms with E-state index >= 15 is 0 Å². The molecule has 2 nitrogen and oxygen atoms in total. The lowest BCUT2D eigenvalue weighted by atomic mass is 10.5. The Morgan fingerprint density at radius 1 is 1.56 bits per heavy atom. The van der Waals surface area contributed by atoms with Crippen molar-refractivity contribution in [2.45, 2.75) is 6.92 Å². The molecule has 0 amide bonds. The van der Waals surface area contributed by atoms with Gasteiger partial charge in [-0.15, -0.1) is 0 Å². The molecule has 0 fully saturated rings. The van der Waals surface area contributed by atoms with Crippen molar-refractivity contribution in [2.75, 3.05) is 26.7 Å². The van der Waals surface area contributed by atoms with Crippen molar-refractivity contribution >= 4 is 0 Å². The fraction of sp³-hybridized carbons (Fsp3) is 0.714. The van der Waals surface area contributed by atoms with Crippen LogP contribution in [0.15, 0.2) is 12.2 Å². The first-order chi connectivity index (χ1) is 4.31. The molecule has 2 heteroatoms. The van der Waals surface area contributed by atoms with Gasteiger partial charge in [-0.2, -0.15) is 0 Å². The Morgan fingerprint density at radius 2 is 2.22 bits per heavy atom. The minimum atomic E-state index is 0.244. The van der Waals surface area contributed by atoms with Gasteiger partial charge in [0.1, 0.15) is 0 Å². The van der Waals surface area contributed by atoms with Crippen molar-refractivity contribution in [3.05, 3.63) is 12.2 Å². The summed E-state index contributed by atoms with van der Waals surface area (Å²) in [7, 11) is 1.98. The quantitative estimate of drug-likeness (QED) is 0.558. The molecule has 0 aromatic heterocycles. The molecule has 0 radical (unpaired) electrons. The third kappa shape index (κ3) is 5.53. The Bertz CT molecular complexity index is 81.0. The molecule has 0 spiro atoms. The maximum Gasteiger partial charge on any atom is 0.0558 e. The maximum atomic E-state index is 8.47. The summed E-state index contributed by atoms with van der Waals surface area (Å²) in [6, 6.07) is 0. The summed E-state index contributed by atoms with van der Waals surface area (Å²) in [6.45, 7) is 3.92. The summed E-state index contributed by atoms with van der Waals surface area (Å²) in [6.07, 6.45) is 4.07. The second-order valence-electron chi connectivity index (χ2n) is 2.05.